The number of benzene rings is 2. The van der Waals surface area contributed by atoms with Crippen LogP contribution in [0.3, 0.4) is 0 Å². The topological polar surface area (TPSA) is 37.3 Å². The zero-order valence-electron chi connectivity index (χ0n) is 9.68. The summed E-state index contributed by atoms with van der Waals surface area (Å²) in [7, 11) is 0. The molecule has 0 saturated carbocycles. The van der Waals surface area contributed by atoms with Crippen LogP contribution in [0.2, 0.25) is 5.02 Å². The first-order valence-corrected chi connectivity index (χ1v) is 6.53. The Labute approximate surface area is 115 Å². The molecule has 0 unspecified atom stereocenters. The number of carbonyl (C=O) groups is 1. The highest BCUT2D eigenvalue weighted by Gasteiger charge is 2.11. The number of carboxylic acid groups (broad SMARTS) is 1. The fraction of sp³-hybridized carbons (Fsp3) is 0.0714. The van der Waals surface area contributed by atoms with Crippen molar-refractivity contribution >= 4 is 29.3 Å². The first-order valence-electron chi connectivity index (χ1n) is 5.33. The third-order valence-corrected chi connectivity index (χ3v) is 3.74. The van der Waals surface area contributed by atoms with Crippen LogP contribution in [0.5, 0.6) is 0 Å². The summed E-state index contributed by atoms with van der Waals surface area (Å²) >= 11 is 7.23. The average Bonchev–Trinajstić information content (AvgIpc) is 2.34. The van der Waals surface area contributed by atoms with Crippen molar-refractivity contribution in [3.63, 3.8) is 0 Å². The Bertz CT molecular complexity index is 579. The molecule has 0 bridgehead atoms. The quantitative estimate of drug-likeness (QED) is 0.898. The summed E-state index contributed by atoms with van der Waals surface area (Å²) in [6.07, 6.45) is 0. The predicted octanol–water partition coefficient (Wildman–Crippen LogP) is 4.50. The second kappa shape index (κ2) is 5.46. The van der Waals surface area contributed by atoms with Gasteiger partial charge in [-0.15, -0.1) is 0 Å². The molecule has 0 amide bonds. The third kappa shape index (κ3) is 3.06. The molecule has 18 heavy (non-hydrogen) atoms. The van der Waals surface area contributed by atoms with E-state index in [2.05, 4.69) is 0 Å². The van der Waals surface area contributed by atoms with Gasteiger partial charge in [0.1, 0.15) is 0 Å². The molecule has 0 aliphatic heterocycles. The average molecular weight is 279 g/mol. The lowest BCUT2D eigenvalue weighted by Crippen LogP contribution is -1.98. The first-order chi connectivity index (χ1) is 8.56. The molecule has 92 valence electrons. The number of aryl methyl sites for hydroxylation is 1. The monoisotopic (exact) mass is 278 g/mol. The van der Waals surface area contributed by atoms with Crippen molar-refractivity contribution in [2.45, 2.75) is 16.7 Å². The molecule has 0 atom stereocenters. The highest BCUT2D eigenvalue weighted by atomic mass is 35.5. The lowest BCUT2D eigenvalue weighted by Gasteiger charge is -2.06. The number of hydrogen-bond acceptors (Lipinski definition) is 2. The molecule has 2 aromatic rings. The van der Waals surface area contributed by atoms with Crippen LogP contribution in [0.15, 0.2) is 52.3 Å². The van der Waals surface area contributed by atoms with Gasteiger partial charge < -0.3 is 5.11 Å². The molecule has 0 spiro atoms. The maximum atomic E-state index is 11.1. The fourth-order valence-corrected chi connectivity index (χ4v) is 2.58. The fourth-order valence-electron chi connectivity index (χ4n) is 1.49. The standard InChI is InChI=1S/C14H11ClO2S/c1-9-2-5-11(6-3-9)18-13-7-4-10(15)8-12(13)14(16)17/h2-8H,1H3,(H,16,17). The molecule has 0 aliphatic rings. The Hall–Kier alpha value is -1.45. The molecule has 0 radical (unpaired) electrons. The van der Waals surface area contributed by atoms with Crippen LogP contribution >= 0.6 is 23.4 Å². The molecule has 0 aliphatic carbocycles. The number of rotatable bonds is 3. The molecule has 2 rings (SSSR count). The Balaban J connectivity index is 2.34. The molecular weight excluding hydrogens is 268 g/mol. The van der Waals surface area contributed by atoms with Crippen LogP contribution in [0.4, 0.5) is 0 Å². The van der Waals surface area contributed by atoms with Crippen molar-refractivity contribution in [1.29, 1.82) is 0 Å². The molecule has 2 nitrogen and oxygen atoms in total. The van der Waals surface area contributed by atoms with E-state index >= 15 is 0 Å². The summed E-state index contributed by atoms with van der Waals surface area (Å²) in [5.41, 5.74) is 1.40. The molecule has 0 heterocycles. The number of hydrogen-bond donors (Lipinski definition) is 1. The highest BCUT2D eigenvalue weighted by molar-refractivity contribution is 7.99. The summed E-state index contributed by atoms with van der Waals surface area (Å²) in [5.74, 6) is -0.966. The van der Waals surface area contributed by atoms with Crippen LogP contribution in [-0.4, -0.2) is 11.1 Å². The minimum Gasteiger partial charge on any atom is -0.478 e. The van der Waals surface area contributed by atoms with E-state index in [0.29, 0.717) is 9.92 Å². The van der Waals surface area contributed by atoms with Crippen molar-refractivity contribution in [2.24, 2.45) is 0 Å². The molecule has 4 heteroatoms. The Morgan fingerprint density at radius 1 is 1.17 bits per heavy atom. The minimum atomic E-state index is -0.966. The van der Waals surface area contributed by atoms with Crippen LogP contribution in [0.1, 0.15) is 15.9 Å². The summed E-state index contributed by atoms with van der Waals surface area (Å²) in [4.78, 5) is 12.8. The summed E-state index contributed by atoms with van der Waals surface area (Å²) in [5, 5.41) is 9.57. The van der Waals surface area contributed by atoms with Gasteiger partial charge in [-0.1, -0.05) is 41.1 Å². The zero-order chi connectivity index (χ0) is 13.1. The molecule has 0 saturated heterocycles. The number of halogens is 1. The van der Waals surface area contributed by atoms with E-state index in [1.54, 1.807) is 12.1 Å². The normalized spacial score (nSPS) is 10.3. The molecule has 0 fully saturated rings. The SMILES string of the molecule is Cc1ccc(Sc2ccc(Cl)cc2C(=O)O)cc1. The van der Waals surface area contributed by atoms with E-state index in [4.69, 9.17) is 16.7 Å². The molecule has 1 N–H and O–H groups in total. The van der Waals surface area contributed by atoms with Gasteiger partial charge in [-0.25, -0.2) is 4.79 Å². The molecule has 0 aromatic heterocycles. The van der Waals surface area contributed by atoms with Gasteiger partial charge in [0, 0.05) is 14.8 Å². The maximum absolute atomic E-state index is 11.1. The van der Waals surface area contributed by atoms with E-state index in [1.807, 2.05) is 31.2 Å². The molecular formula is C14H11ClO2S. The van der Waals surface area contributed by atoms with Crippen LogP contribution < -0.4 is 0 Å². The van der Waals surface area contributed by atoms with Gasteiger partial charge >= 0.3 is 5.97 Å². The van der Waals surface area contributed by atoms with Crippen LogP contribution in [0, 0.1) is 6.92 Å². The third-order valence-electron chi connectivity index (χ3n) is 2.42. The van der Waals surface area contributed by atoms with Gasteiger partial charge in [0.05, 0.1) is 5.56 Å². The van der Waals surface area contributed by atoms with Crippen molar-refractivity contribution in [1.82, 2.24) is 0 Å². The highest BCUT2D eigenvalue weighted by Crippen LogP contribution is 2.32. The van der Waals surface area contributed by atoms with E-state index in [-0.39, 0.29) is 5.56 Å². The Kier molecular flexibility index (Phi) is 3.94. The lowest BCUT2D eigenvalue weighted by molar-refractivity contribution is 0.0693. The van der Waals surface area contributed by atoms with Gasteiger partial charge in [0.25, 0.3) is 0 Å². The van der Waals surface area contributed by atoms with Gasteiger partial charge in [-0.2, -0.15) is 0 Å². The summed E-state index contributed by atoms with van der Waals surface area (Å²) in [6.45, 7) is 2.01. The van der Waals surface area contributed by atoms with Crippen LogP contribution in [0.25, 0.3) is 0 Å². The summed E-state index contributed by atoms with van der Waals surface area (Å²) < 4.78 is 0. The van der Waals surface area contributed by atoms with E-state index in [0.717, 1.165) is 4.90 Å². The van der Waals surface area contributed by atoms with Gasteiger partial charge in [0.15, 0.2) is 0 Å². The van der Waals surface area contributed by atoms with Crippen molar-refractivity contribution < 1.29 is 9.90 Å². The van der Waals surface area contributed by atoms with Crippen molar-refractivity contribution in [3.8, 4) is 0 Å². The number of carboxylic acids is 1. The van der Waals surface area contributed by atoms with E-state index < -0.39 is 5.97 Å². The van der Waals surface area contributed by atoms with Crippen LogP contribution in [-0.2, 0) is 0 Å². The first kappa shape index (κ1) is 13.0. The second-order valence-corrected chi connectivity index (χ2v) is 5.41. The lowest BCUT2D eigenvalue weighted by atomic mass is 10.2. The van der Waals surface area contributed by atoms with Gasteiger partial charge in [0.2, 0.25) is 0 Å². The Morgan fingerprint density at radius 2 is 1.83 bits per heavy atom. The summed E-state index contributed by atoms with van der Waals surface area (Å²) in [6, 6.07) is 12.8. The maximum Gasteiger partial charge on any atom is 0.336 e. The minimum absolute atomic E-state index is 0.230. The second-order valence-electron chi connectivity index (χ2n) is 3.86. The Morgan fingerprint density at radius 3 is 2.44 bits per heavy atom. The van der Waals surface area contributed by atoms with Gasteiger partial charge in [-0.05, 0) is 37.3 Å². The predicted molar refractivity (Wildman–Crippen MR) is 73.7 cm³/mol. The van der Waals surface area contributed by atoms with Crippen molar-refractivity contribution in [3.05, 3.63) is 58.6 Å². The van der Waals surface area contributed by atoms with E-state index in [1.165, 1.54) is 23.4 Å². The molecule has 2 aromatic carbocycles. The van der Waals surface area contributed by atoms with Crippen molar-refractivity contribution in [2.75, 3.05) is 0 Å². The zero-order valence-corrected chi connectivity index (χ0v) is 11.3. The van der Waals surface area contributed by atoms with Gasteiger partial charge in [-0.3, -0.25) is 0 Å². The smallest absolute Gasteiger partial charge is 0.336 e. The van der Waals surface area contributed by atoms with E-state index in [9.17, 15) is 4.79 Å². The largest absolute Gasteiger partial charge is 0.478 e. The number of aromatic carboxylic acids is 1.